The van der Waals surface area contributed by atoms with Crippen molar-refractivity contribution in [2.24, 2.45) is 0 Å². The van der Waals surface area contributed by atoms with Crippen LogP contribution in [0.4, 0.5) is 0 Å². The lowest BCUT2D eigenvalue weighted by Crippen LogP contribution is -2.31. The van der Waals surface area contributed by atoms with E-state index in [2.05, 4.69) is 14.9 Å². The maximum atomic E-state index is 11.9. The number of aromatic nitrogens is 1. The van der Waals surface area contributed by atoms with Crippen LogP contribution in [-0.4, -0.2) is 54.0 Å². The van der Waals surface area contributed by atoms with Crippen molar-refractivity contribution in [1.82, 2.24) is 8.87 Å². The van der Waals surface area contributed by atoms with Gasteiger partial charge in [-0.1, -0.05) is 11.9 Å². The number of ether oxygens (including phenoxy) is 2. The zero-order chi connectivity index (χ0) is 18.6. The van der Waals surface area contributed by atoms with Gasteiger partial charge in [-0.25, -0.2) is 9.10 Å². The lowest BCUT2D eigenvalue weighted by molar-refractivity contribution is 0.0601. The standard InChI is InChI=1S/C21H28N2O3S/c1-25-21(24)16-7-8-20-18(15-16)17-5-2-3-6-19(17)23(20)9-4-14-27-22-10-12-26-13-11-22/h7-8,15H,2-6,9-14H2,1H3. The molecule has 27 heavy (non-hydrogen) atoms. The highest BCUT2D eigenvalue weighted by atomic mass is 32.2. The Hall–Kier alpha value is -1.50. The quantitative estimate of drug-likeness (QED) is 0.429. The predicted octanol–water partition coefficient (Wildman–Crippen LogP) is 3.68. The molecule has 0 radical (unpaired) electrons. The third-order valence-corrected chi connectivity index (χ3v) is 6.77. The Labute approximate surface area is 165 Å². The molecule has 1 aromatic heterocycles. The summed E-state index contributed by atoms with van der Waals surface area (Å²) in [5, 5.41) is 1.24. The van der Waals surface area contributed by atoms with Crippen LogP contribution < -0.4 is 0 Å². The summed E-state index contributed by atoms with van der Waals surface area (Å²) in [6.07, 6.45) is 5.91. The SMILES string of the molecule is COC(=O)c1ccc2c(c1)c1c(n2CCCSN2CCOCC2)CCCC1. The van der Waals surface area contributed by atoms with Gasteiger partial charge in [0.1, 0.15) is 0 Å². The molecular weight excluding hydrogens is 360 g/mol. The third kappa shape index (κ3) is 4.03. The second-order valence-electron chi connectivity index (χ2n) is 7.24. The first-order valence-electron chi connectivity index (χ1n) is 9.96. The van der Waals surface area contributed by atoms with Crippen molar-refractivity contribution >= 4 is 28.8 Å². The Morgan fingerprint density at radius 3 is 2.85 bits per heavy atom. The van der Waals surface area contributed by atoms with Crippen molar-refractivity contribution in [2.75, 3.05) is 39.2 Å². The zero-order valence-electron chi connectivity index (χ0n) is 16.0. The van der Waals surface area contributed by atoms with Gasteiger partial charge in [0.15, 0.2) is 0 Å². The molecule has 0 atom stereocenters. The molecule has 1 aliphatic heterocycles. The first-order chi connectivity index (χ1) is 13.3. The Morgan fingerprint density at radius 2 is 2.04 bits per heavy atom. The number of carbonyl (C=O) groups is 1. The monoisotopic (exact) mass is 388 g/mol. The number of benzene rings is 1. The fraction of sp³-hybridized carbons (Fsp3) is 0.571. The van der Waals surface area contributed by atoms with E-state index in [-0.39, 0.29) is 5.97 Å². The fourth-order valence-corrected chi connectivity index (χ4v) is 5.15. The number of aryl methyl sites for hydroxylation is 2. The molecule has 1 aromatic carbocycles. The minimum atomic E-state index is -0.254. The maximum absolute atomic E-state index is 11.9. The van der Waals surface area contributed by atoms with E-state index in [9.17, 15) is 4.79 Å². The lowest BCUT2D eigenvalue weighted by atomic mass is 9.95. The molecule has 1 saturated heterocycles. The molecule has 2 aliphatic rings. The molecule has 0 spiro atoms. The van der Waals surface area contributed by atoms with Gasteiger partial charge in [0.05, 0.1) is 25.9 Å². The van der Waals surface area contributed by atoms with Crippen LogP contribution in [0, 0.1) is 0 Å². The van der Waals surface area contributed by atoms with Gasteiger partial charge in [-0.2, -0.15) is 0 Å². The minimum absolute atomic E-state index is 0.254. The summed E-state index contributed by atoms with van der Waals surface area (Å²) in [6.45, 7) is 4.81. The van der Waals surface area contributed by atoms with Crippen LogP contribution in [0.3, 0.4) is 0 Å². The number of rotatable bonds is 6. The number of hydrogen-bond donors (Lipinski definition) is 0. The summed E-state index contributed by atoms with van der Waals surface area (Å²) in [6, 6.07) is 6.04. The van der Waals surface area contributed by atoms with E-state index in [1.807, 2.05) is 24.1 Å². The lowest BCUT2D eigenvalue weighted by Gasteiger charge is -2.25. The normalized spacial score (nSPS) is 17.8. The van der Waals surface area contributed by atoms with E-state index in [0.29, 0.717) is 5.56 Å². The Balaban J connectivity index is 1.51. The van der Waals surface area contributed by atoms with Crippen LogP contribution in [-0.2, 0) is 28.9 Å². The van der Waals surface area contributed by atoms with Crippen LogP contribution in [0.5, 0.6) is 0 Å². The highest BCUT2D eigenvalue weighted by Crippen LogP contribution is 2.33. The van der Waals surface area contributed by atoms with Gasteiger partial charge in [0, 0.05) is 42.0 Å². The van der Waals surface area contributed by atoms with Gasteiger partial charge in [-0.3, -0.25) is 0 Å². The van der Waals surface area contributed by atoms with E-state index < -0.39 is 0 Å². The van der Waals surface area contributed by atoms with Crippen molar-refractivity contribution in [3.05, 3.63) is 35.0 Å². The van der Waals surface area contributed by atoms with Gasteiger partial charge in [-0.15, -0.1) is 0 Å². The van der Waals surface area contributed by atoms with Crippen molar-refractivity contribution in [3.8, 4) is 0 Å². The molecule has 5 nitrogen and oxygen atoms in total. The van der Waals surface area contributed by atoms with Gasteiger partial charge < -0.3 is 14.0 Å². The van der Waals surface area contributed by atoms with Crippen LogP contribution in [0.1, 0.15) is 40.9 Å². The minimum Gasteiger partial charge on any atom is -0.465 e. The number of esters is 1. The molecule has 0 amide bonds. The van der Waals surface area contributed by atoms with Crippen LogP contribution in [0.2, 0.25) is 0 Å². The number of methoxy groups -OCH3 is 1. The molecule has 0 N–H and O–H groups in total. The maximum Gasteiger partial charge on any atom is 0.337 e. The summed E-state index contributed by atoms with van der Waals surface area (Å²) in [5.41, 5.74) is 4.85. The van der Waals surface area contributed by atoms with Gasteiger partial charge in [0.25, 0.3) is 0 Å². The molecule has 2 heterocycles. The van der Waals surface area contributed by atoms with Gasteiger partial charge in [-0.05, 0) is 55.9 Å². The average Bonchev–Trinajstić information content (AvgIpc) is 3.04. The van der Waals surface area contributed by atoms with Gasteiger partial charge >= 0.3 is 5.97 Å². The first-order valence-corrected chi connectivity index (χ1v) is 10.9. The van der Waals surface area contributed by atoms with E-state index in [1.165, 1.54) is 42.1 Å². The third-order valence-electron chi connectivity index (χ3n) is 5.57. The molecule has 1 fully saturated rings. The van der Waals surface area contributed by atoms with Gasteiger partial charge in [0.2, 0.25) is 0 Å². The Bertz CT molecular complexity index is 811. The average molecular weight is 389 g/mol. The molecule has 0 unspecified atom stereocenters. The number of fused-ring (bicyclic) bond motifs is 3. The molecule has 0 saturated carbocycles. The van der Waals surface area contributed by atoms with Crippen molar-refractivity contribution in [1.29, 1.82) is 0 Å². The van der Waals surface area contributed by atoms with E-state index in [1.54, 1.807) is 0 Å². The van der Waals surface area contributed by atoms with Crippen LogP contribution in [0.15, 0.2) is 18.2 Å². The molecule has 6 heteroatoms. The predicted molar refractivity (Wildman–Crippen MR) is 109 cm³/mol. The zero-order valence-corrected chi connectivity index (χ0v) is 16.9. The summed E-state index contributed by atoms with van der Waals surface area (Å²) in [5.74, 6) is 0.880. The molecular formula is C21H28N2O3S. The van der Waals surface area contributed by atoms with Crippen molar-refractivity contribution in [2.45, 2.75) is 38.6 Å². The topological polar surface area (TPSA) is 43.7 Å². The summed E-state index contributed by atoms with van der Waals surface area (Å²) in [4.78, 5) is 11.9. The molecule has 0 bridgehead atoms. The smallest absolute Gasteiger partial charge is 0.337 e. The molecule has 4 rings (SSSR count). The van der Waals surface area contributed by atoms with Crippen LogP contribution >= 0.6 is 11.9 Å². The van der Waals surface area contributed by atoms with E-state index in [0.717, 1.165) is 57.9 Å². The van der Waals surface area contributed by atoms with Crippen LogP contribution in [0.25, 0.3) is 10.9 Å². The van der Waals surface area contributed by atoms with Crippen molar-refractivity contribution < 1.29 is 14.3 Å². The number of carbonyl (C=O) groups excluding carboxylic acids is 1. The number of hydrogen-bond acceptors (Lipinski definition) is 5. The summed E-state index contributed by atoms with van der Waals surface area (Å²) in [7, 11) is 1.44. The largest absolute Gasteiger partial charge is 0.465 e. The number of morpholine rings is 1. The summed E-state index contributed by atoms with van der Waals surface area (Å²) >= 11 is 1.95. The molecule has 2 aromatic rings. The Morgan fingerprint density at radius 1 is 1.22 bits per heavy atom. The van der Waals surface area contributed by atoms with E-state index in [4.69, 9.17) is 9.47 Å². The first kappa shape index (κ1) is 18.8. The Kier molecular flexibility index (Phi) is 6.05. The fourth-order valence-electron chi connectivity index (χ4n) is 4.23. The highest BCUT2D eigenvalue weighted by Gasteiger charge is 2.21. The molecule has 146 valence electrons. The highest BCUT2D eigenvalue weighted by molar-refractivity contribution is 7.97. The van der Waals surface area contributed by atoms with E-state index >= 15 is 0 Å². The number of nitrogens with zero attached hydrogens (tertiary/aromatic N) is 2. The summed E-state index contributed by atoms with van der Waals surface area (Å²) < 4.78 is 15.3. The molecule has 1 aliphatic carbocycles. The second-order valence-corrected chi connectivity index (χ2v) is 8.42. The second kappa shape index (κ2) is 8.67. The van der Waals surface area contributed by atoms with Crippen molar-refractivity contribution in [3.63, 3.8) is 0 Å².